The van der Waals surface area contributed by atoms with Crippen molar-refractivity contribution in [3.05, 3.63) is 306 Å². The first-order chi connectivity index (χ1) is 55.5. The van der Waals surface area contributed by atoms with E-state index in [1.165, 1.54) is 43.8 Å². The Balaban J connectivity index is 1.09. The highest BCUT2D eigenvalue weighted by Gasteiger charge is 2.46. The van der Waals surface area contributed by atoms with Gasteiger partial charge in [0.25, 0.3) is 6.71 Å². The van der Waals surface area contributed by atoms with Crippen LogP contribution in [0.5, 0.6) is 0 Å². The van der Waals surface area contributed by atoms with Crippen molar-refractivity contribution in [3.63, 3.8) is 0 Å². The first-order valence-corrected chi connectivity index (χ1v) is 41.3. The standard InChI is InChI=1S/C109H113BN4/c1-103(2,3)66-69-54-100-102-101(55-69)114(97-65-87(71-35-31-39-77(57-71)107(13,14)15)75(68-105(7,8)9)61-89(97)73-37-33-41-79(59-73)109(19,20)21)99-63-81(112-94-48-28-24-44-84(94)85-45-25-29-49-95(85)112)51-53-91(99)110(102)90-52-50-80(111-92-46-26-22-42-82(92)83-43-23-27-47-93(83)111)62-98(90)113(100)96-64-86(70-34-30-38-76(56-70)106(10,11)12)74(67-104(4,5)6)60-88(96)72-36-32-40-78(58-72)108(16,17)18/h22-65H,66-68H2,1-21H3/i67D2,68D2. The summed E-state index contributed by atoms with van der Waals surface area (Å²) in [5, 5.41) is 4.72. The Hall–Kier alpha value is -10.9. The molecule has 5 heteroatoms. The van der Waals surface area contributed by atoms with E-state index in [0.717, 1.165) is 134 Å². The van der Waals surface area contributed by atoms with Gasteiger partial charge in [0.05, 0.1) is 33.4 Å². The van der Waals surface area contributed by atoms with Crippen LogP contribution in [0.25, 0.3) is 99.5 Å². The predicted molar refractivity (Wildman–Crippen MR) is 495 cm³/mol. The van der Waals surface area contributed by atoms with E-state index < -0.39 is 23.6 Å². The van der Waals surface area contributed by atoms with Crippen molar-refractivity contribution in [1.82, 2.24) is 9.13 Å². The minimum Gasteiger partial charge on any atom is -0.311 e. The molecule has 0 spiro atoms. The summed E-state index contributed by atoms with van der Waals surface area (Å²) >= 11 is 0. The summed E-state index contributed by atoms with van der Waals surface area (Å²) in [7, 11) is 0. The number of rotatable bonds is 11. The lowest BCUT2D eigenvalue weighted by Gasteiger charge is -2.46. The zero-order valence-electron chi connectivity index (χ0n) is 75.0. The lowest BCUT2D eigenvalue weighted by molar-refractivity contribution is 0.411. The van der Waals surface area contributed by atoms with Crippen molar-refractivity contribution in [2.75, 3.05) is 9.80 Å². The van der Waals surface area contributed by atoms with Crippen LogP contribution < -0.4 is 26.2 Å². The number of nitrogens with zero attached hydrogens (tertiary/aromatic N) is 4. The molecule has 15 aromatic rings. The van der Waals surface area contributed by atoms with Crippen molar-refractivity contribution >= 4 is 101 Å². The zero-order chi connectivity index (χ0) is 83.8. The van der Waals surface area contributed by atoms with Crippen LogP contribution >= 0.6 is 0 Å². The average molecular weight is 1490 g/mol. The fourth-order valence-electron chi connectivity index (χ4n) is 18.1. The third-order valence-corrected chi connectivity index (χ3v) is 23.4. The van der Waals surface area contributed by atoms with Gasteiger partial charge >= 0.3 is 0 Å². The maximum atomic E-state index is 10.7. The van der Waals surface area contributed by atoms with E-state index in [1.807, 2.05) is 41.5 Å². The molecule has 2 aromatic heterocycles. The van der Waals surface area contributed by atoms with Crippen LogP contribution in [-0.4, -0.2) is 15.8 Å². The molecule has 2 aliphatic heterocycles. The lowest BCUT2D eigenvalue weighted by Crippen LogP contribution is -2.61. The average Bonchev–Trinajstić information content (AvgIpc) is 1.07. The minimum atomic E-state index is -1.85. The van der Waals surface area contributed by atoms with Crippen molar-refractivity contribution in [2.24, 2.45) is 16.2 Å². The van der Waals surface area contributed by atoms with Gasteiger partial charge in [-0.3, -0.25) is 0 Å². The smallest absolute Gasteiger partial charge is 0.252 e. The molecular formula is C109H113BN4. The van der Waals surface area contributed by atoms with Gasteiger partial charge in [-0.05, 0) is 231 Å². The largest absolute Gasteiger partial charge is 0.311 e. The Morgan fingerprint density at radius 2 is 0.579 bits per heavy atom. The maximum Gasteiger partial charge on any atom is 0.252 e. The Kier molecular flexibility index (Phi) is 17.1. The molecule has 0 aliphatic carbocycles. The summed E-state index contributed by atoms with van der Waals surface area (Å²) in [5.74, 6) is 0. The molecule has 17 rings (SSSR count). The summed E-state index contributed by atoms with van der Waals surface area (Å²) in [6, 6.07) is 100. The summed E-state index contributed by atoms with van der Waals surface area (Å²) in [6.07, 6.45) is -2.98. The quantitative estimate of drug-likeness (QED) is 0.120. The molecule has 0 atom stereocenters. The molecule has 0 unspecified atom stereocenters. The maximum absolute atomic E-state index is 10.7. The van der Waals surface area contributed by atoms with Crippen LogP contribution in [0.4, 0.5) is 34.1 Å². The third kappa shape index (κ3) is 13.9. The van der Waals surface area contributed by atoms with Crippen LogP contribution in [0.1, 0.15) is 190 Å². The first kappa shape index (κ1) is 70.9. The highest BCUT2D eigenvalue weighted by molar-refractivity contribution is 7.00. The molecule has 4 heterocycles. The van der Waals surface area contributed by atoms with Gasteiger partial charge in [0.2, 0.25) is 0 Å². The van der Waals surface area contributed by atoms with E-state index in [2.05, 4.69) is 390 Å². The zero-order valence-corrected chi connectivity index (χ0v) is 71.0. The van der Waals surface area contributed by atoms with E-state index in [9.17, 15) is 5.48 Å². The molecule has 0 radical (unpaired) electrons. The summed E-state index contributed by atoms with van der Waals surface area (Å²) in [6.45, 7) is 46.3. The second-order valence-corrected chi connectivity index (χ2v) is 40.0. The molecule has 572 valence electrons. The fourth-order valence-corrected chi connectivity index (χ4v) is 18.1. The summed E-state index contributed by atoms with van der Waals surface area (Å²) < 4.78 is 47.8. The van der Waals surface area contributed by atoms with Crippen molar-refractivity contribution in [2.45, 2.75) is 186 Å². The van der Waals surface area contributed by atoms with E-state index in [4.69, 9.17) is 0 Å². The van der Waals surface area contributed by atoms with Gasteiger partial charge in [0.1, 0.15) is 0 Å². The Morgan fingerprint density at radius 1 is 0.272 bits per heavy atom. The third-order valence-electron chi connectivity index (χ3n) is 23.4. The van der Waals surface area contributed by atoms with Gasteiger partial charge in [-0.1, -0.05) is 327 Å². The highest BCUT2D eigenvalue weighted by atomic mass is 15.2. The Morgan fingerprint density at radius 3 is 0.877 bits per heavy atom. The van der Waals surface area contributed by atoms with Crippen LogP contribution in [-0.2, 0) is 40.8 Å². The van der Waals surface area contributed by atoms with E-state index >= 15 is 0 Å². The number of para-hydroxylation sites is 4. The first-order valence-electron chi connectivity index (χ1n) is 43.3. The SMILES string of the molecule is [2H]C([2H])(c1cc(-c2cccc(C(C)(C)C)c2)c(N2c3cc(-n4c5ccccc5c5ccccc54)ccc3B3c4ccc(-n5c6ccccc6c6ccccc65)cc4N(c4cc(-c5cccc(C(C)(C)C)c5)c(C([2H])([2H])C(C)(C)C)cc4-c4cccc(C(C)(C)C)c4)c4cc(CC(C)(C)C)cc2c43)cc1-c1cccc(C(C)(C)C)c1)C(C)(C)C. The van der Waals surface area contributed by atoms with Gasteiger partial charge in [0, 0.05) is 72.3 Å². The Bertz CT molecular complexity index is 6060. The molecule has 0 saturated heterocycles. The molecule has 114 heavy (non-hydrogen) atoms. The van der Waals surface area contributed by atoms with Crippen molar-refractivity contribution < 1.29 is 5.48 Å². The number of fused-ring (bicyclic) bond motifs is 10. The normalized spacial score (nSPS) is 14.3. The monoisotopic (exact) mass is 1490 g/mol. The number of aromatic nitrogens is 2. The molecule has 2 aliphatic rings. The van der Waals surface area contributed by atoms with Gasteiger partial charge in [-0.2, -0.15) is 0 Å². The highest BCUT2D eigenvalue weighted by Crippen LogP contribution is 2.54. The van der Waals surface area contributed by atoms with Gasteiger partial charge in [0.15, 0.2) is 0 Å². The van der Waals surface area contributed by atoms with Gasteiger partial charge < -0.3 is 18.9 Å². The molecule has 0 bridgehead atoms. The lowest BCUT2D eigenvalue weighted by atomic mass is 9.33. The van der Waals surface area contributed by atoms with Crippen LogP contribution in [0.15, 0.2) is 267 Å². The van der Waals surface area contributed by atoms with Crippen molar-refractivity contribution in [1.29, 1.82) is 0 Å². The number of benzene rings is 13. The number of hydrogen-bond donors (Lipinski definition) is 0. The predicted octanol–water partition coefficient (Wildman–Crippen LogP) is 28.6. The van der Waals surface area contributed by atoms with Crippen LogP contribution in [0, 0.1) is 16.2 Å². The molecule has 0 fully saturated rings. The molecule has 0 N–H and O–H groups in total. The molecule has 4 nitrogen and oxygen atoms in total. The van der Waals surface area contributed by atoms with E-state index in [-0.39, 0.29) is 33.8 Å². The topological polar surface area (TPSA) is 16.3 Å². The molecular weight excluding hydrogens is 1380 g/mol. The van der Waals surface area contributed by atoms with Crippen molar-refractivity contribution in [3.8, 4) is 55.9 Å². The number of anilines is 6. The van der Waals surface area contributed by atoms with E-state index in [1.54, 1.807) is 0 Å². The van der Waals surface area contributed by atoms with Gasteiger partial charge in [-0.25, -0.2) is 0 Å². The summed E-state index contributed by atoms with van der Waals surface area (Å²) in [4.78, 5) is 5.24. The molecule has 0 amide bonds. The van der Waals surface area contributed by atoms with E-state index in [0.29, 0.717) is 17.5 Å². The fraction of sp³-hybridized carbons (Fsp3) is 0.284. The van der Waals surface area contributed by atoms with Crippen LogP contribution in [0.3, 0.4) is 0 Å². The second-order valence-electron chi connectivity index (χ2n) is 40.0. The second kappa shape index (κ2) is 27.4. The Labute approximate surface area is 685 Å². The molecule has 0 saturated carbocycles. The molecule has 13 aromatic carbocycles. The summed E-state index contributed by atoms with van der Waals surface area (Å²) in [5.41, 5.74) is 27.5. The number of hydrogen-bond acceptors (Lipinski definition) is 2. The van der Waals surface area contributed by atoms with Crippen LogP contribution in [0.2, 0.25) is 0 Å². The minimum absolute atomic E-state index is 0.212. The van der Waals surface area contributed by atoms with Gasteiger partial charge in [-0.15, -0.1) is 0 Å².